The number of nitrogens with two attached hydrogens (primary N) is 1. The zero-order chi connectivity index (χ0) is 13.1. The van der Waals surface area contributed by atoms with Crippen LogP contribution in [0.3, 0.4) is 0 Å². The number of anilines is 2. The van der Waals surface area contributed by atoms with Crippen LogP contribution in [0.25, 0.3) is 0 Å². The third-order valence-corrected chi connectivity index (χ3v) is 3.29. The van der Waals surface area contributed by atoms with E-state index < -0.39 is 0 Å². The van der Waals surface area contributed by atoms with Crippen LogP contribution in [-0.4, -0.2) is 23.1 Å². The molecular weight excluding hydrogens is 226 g/mol. The Labute approximate surface area is 108 Å². The molecule has 1 fully saturated rings. The largest absolute Gasteiger partial charge is 0.383 e. The molecular formula is C13H19N5. The van der Waals surface area contributed by atoms with Crippen molar-refractivity contribution in [2.75, 3.05) is 23.7 Å². The Bertz CT molecular complexity index is 473. The second kappa shape index (κ2) is 5.21. The van der Waals surface area contributed by atoms with E-state index in [1.807, 2.05) is 6.92 Å². The molecule has 18 heavy (non-hydrogen) atoms. The van der Waals surface area contributed by atoms with Crippen molar-refractivity contribution in [1.29, 1.82) is 5.26 Å². The Morgan fingerprint density at radius 1 is 1.44 bits per heavy atom. The van der Waals surface area contributed by atoms with Crippen LogP contribution in [0.5, 0.6) is 0 Å². The lowest BCUT2D eigenvalue weighted by Gasteiger charge is -2.23. The van der Waals surface area contributed by atoms with Gasteiger partial charge in [-0.15, -0.1) is 0 Å². The average molecular weight is 245 g/mol. The minimum atomic E-state index is 0.487. The molecule has 0 radical (unpaired) electrons. The van der Waals surface area contributed by atoms with E-state index in [9.17, 15) is 0 Å². The van der Waals surface area contributed by atoms with Crippen LogP contribution in [0, 0.1) is 18.3 Å². The Morgan fingerprint density at radius 3 is 2.72 bits per heavy atom. The maximum atomic E-state index is 8.70. The summed E-state index contributed by atoms with van der Waals surface area (Å²) in [5.41, 5.74) is 6.88. The quantitative estimate of drug-likeness (QED) is 0.858. The van der Waals surface area contributed by atoms with Gasteiger partial charge in [-0.1, -0.05) is 0 Å². The summed E-state index contributed by atoms with van der Waals surface area (Å²) in [6.07, 6.45) is 2.81. The van der Waals surface area contributed by atoms with E-state index in [1.165, 1.54) is 0 Å². The van der Waals surface area contributed by atoms with E-state index in [-0.39, 0.29) is 0 Å². The van der Waals surface area contributed by atoms with Gasteiger partial charge in [0.1, 0.15) is 17.5 Å². The lowest BCUT2D eigenvalue weighted by molar-refractivity contribution is 0.789. The molecule has 2 N–H and O–H groups in total. The summed E-state index contributed by atoms with van der Waals surface area (Å²) < 4.78 is 0. The maximum absolute atomic E-state index is 8.70. The van der Waals surface area contributed by atoms with Crippen LogP contribution >= 0.6 is 0 Å². The average Bonchev–Trinajstić information content (AvgIpc) is 3.19. The molecule has 1 aliphatic rings. The normalized spacial score (nSPS) is 14.3. The van der Waals surface area contributed by atoms with Crippen LogP contribution in [0.4, 0.5) is 11.6 Å². The topological polar surface area (TPSA) is 78.8 Å². The molecule has 0 unspecified atom stereocenters. The summed E-state index contributed by atoms with van der Waals surface area (Å²) in [7, 11) is 0. The lowest BCUT2D eigenvalue weighted by atomic mass is 10.2. The fraction of sp³-hybridized carbons (Fsp3) is 0.615. The van der Waals surface area contributed by atoms with Crippen molar-refractivity contribution in [2.45, 2.75) is 39.0 Å². The van der Waals surface area contributed by atoms with Gasteiger partial charge in [0.15, 0.2) is 0 Å². The summed E-state index contributed by atoms with van der Waals surface area (Å²) in [6.45, 7) is 5.51. The summed E-state index contributed by atoms with van der Waals surface area (Å²) in [4.78, 5) is 11.1. The van der Waals surface area contributed by atoms with Crippen LogP contribution in [0.1, 0.15) is 43.5 Å². The van der Waals surface area contributed by atoms with Crippen molar-refractivity contribution in [3.05, 3.63) is 11.4 Å². The highest BCUT2D eigenvalue weighted by molar-refractivity contribution is 5.56. The molecule has 0 amide bonds. The van der Waals surface area contributed by atoms with Crippen molar-refractivity contribution in [1.82, 2.24) is 9.97 Å². The minimum absolute atomic E-state index is 0.487. The van der Waals surface area contributed by atoms with Crippen molar-refractivity contribution < 1.29 is 0 Å². The first kappa shape index (κ1) is 12.6. The molecule has 1 aliphatic carbocycles. The Kier molecular flexibility index (Phi) is 3.66. The maximum Gasteiger partial charge on any atom is 0.137 e. The highest BCUT2D eigenvalue weighted by Gasteiger charge is 2.28. The number of nitrogens with zero attached hydrogens (tertiary/aromatic N) is 4. The van der Waals surface area contributed by atoms with Crippen molar-refractivity contribution >= 4 is 11.6 Å². The molecule has 5 heteroatoms. The van der Waals surface area contributed by atoms with Gasteiger partial charge in [0, 0.05) is 24.6 Å². The number of nitrogen functional groups attached to an aromatic ring is 1. The molecule has 0 saturated heterocycles. The minimum Gasteiger partial charge on any atom is -0.383 e. The summed E-state index contributed by atoms with van der Waals surface area (Å²) >= 11 is 0. The number of hydrogen-bond acceptors (Lipinski definition) is 5. The number of rotatable bonds is 5. The van der Waals surface area contributed by atoms with Gasteiger partial charge in [0.05, 0.1) is 12.5 Å². The smallest absolute Gasteiger partial charge is 0.137 e. The van der Waals surface area contributed by atoms with Crippen molar-refractivity contribution in [3.63, 3.8) is 0 Å². The van der Waals surface area contributed by atoms with E-state index >= 15 is 0 Å². The molecule has 0 bridgehead atoms. The summed E-state index contributed by atoms with van der Waals surface area (Å²) in [6, 6.07) is 2.17. The molecule has 2 rings (SSSR count). The number of hydrogen-bond donors (Lipinski definition) is 1. The van der Waals surface area contributed by atoms with Gasteiger partial charge >= 0.3 is 0 Å². The van der Waals surface area contributed by atoms with Crippen LogP contribution < -0.4 is 10.6 Å². The Balaban J connectivity index is 2.31. The molecule has 5 nitrogen and oxygen atoms in total. The predicted molar refractivity (Wildman–Crippen MR) is 71.3 cm³/mol. The zero-order valence-electron chi connectivity index (χ0n) is 11.0. The first-order valence-corrected chi connectivity index (χ1v) is 6.43. The van der Waals surface area contributed by atoms with Crippen LogP contribution in [0.2, 0.25) is 0 Å². The predicted octanol–water partition coefficient (Wildman–Crippen LogP) is 1.98. The first-order valence-electron chi connectivity index (χ1n) is 6.43. The third-order valence-electron chi connectivity index (χ3n) is 3.29. The van der Waals surface area contributed by atoms with Crippen molar-refractivity contribution in [2.24, 2.45) is 0 Å². The van der Waals surface area contributed by atoms with Crippen molar-refractivity contribution in [3.8, 4) is 6.07 Å². The van der Waals surface area contributed by atoms with E-state index in [0.29, 0.717) is 24.7 Å². The highest BCUT2D eigenvalue weighted by Crippen LogP contribution is 2.39. The van der Waals surface area contributed by atoms with Gasteiger partial charge in [-0.05, 0) is 26.7 Å². The fourth-order valence-corrected chi connectivity index (χ4v) is 1.97. The molecule has 0 spiro atoms. The van der Waals surface area contributed by atoms with Crippen LogP contribution in [0.15, 0.2) is 0 Å². The zero-order valence-corrected chi connectivity index (χ0v) is 11.0. The molecule has 1 heterocycles. The van der Waals surface area contributed by atoms with Gasteiger partial charge in [0.25, 0.3) is 0 Å². The van der Waals surface area contributed by atoms with E-state index in [0.717, 1.165) is 36.6 Å². The van der Waals surface area contributed by atoms with Gasteiger partial charge in [-0.3, -0.25) is 0 Å². The second-order valence-electron chi connectivity index (χ2n) is 4.68. The molecule has 1 aromatic heterocycles. The molecule has 1 aromatic rings. The van der Waals surface area contributed by atoms with E-state index in [2.05, 4.69) is 27.9 Å². The van der Waals surface area contributed by atoms with E-state index in [1.54, 1.807) is 0 Å². The molecule has 0 aliphatic heterocycles. The summed E-state index contributed by atoms with van der Waals surface area (Å²) in [5, 5.41) is 8.70. The third kappa shape index (κ3) is 2.53. The Hall–Kier alpha value is -1.83. The fourth-order valence-electron chi connectivity index (χ4n) is 1.97. The molecule has 0 atom stereocenters. The summed E-state index contributed by atoms with van der Waals surface area (Å²) in [5.74, 6) is 2.81. The Morgan fingerprint density at radius 2 is 2.17 bits per heavy atom. The van der Waals surface area contributed by atoms with Gasteiger partial charge < -0.3 is 10.6 Å². The van der Waals surface area contributed by atoms with E-state index in [4.69, 9.17) is 11.0 Å². The number of nitriles is 1. The van der Waals surface area contributed by atoms with Gasteiger partial charge in [-0.2, -0.15) is 5.26 Å². The molecule has 1 saturated carbocycles. The first-order chi connectivity index (χ1) is 8.67. The number of aromatic nitrogens is 2. The SMILES string of the molecule is CCN(CCC#N)c1nc(C2CC2)nc(N)c1C. The standard InChI is InChI=1S/C13H19N5/c1-3-18(8-4-7-14)13-9(2)11(15)16-12(17-13)10-5-6-10/h10H,3-6,8H2,1-2H3,(H2,15,16,17). The van der Waals surface area contributed by atoms with Gasteiger partial charge in [0.2, 0.25) is 0 Å². The highest BCUT2D eigenvalue weighted by atomic mass is 15.2. The van der Waals surface area contributed by atoms with Crippen LogP contribution in [-0.2, 0) is 0 Å². The lowest BCUT2D eigenvalue weighted by Crippen LogP contribution is -2.26. The molecule has 96 valence electrons. The second-order valence-corrected chi connectivity index (χ2v) is 4.68. The monoisotopic (exact) mass is 245 g/mol. The van der Waals surface area contributed by atoms with Gasteiger partial charge in [-0.25, -0.2) is 9.97 Å². The molecule has 0 aromatic carbocycles.